The second-order valence-electron chi connectivity index (χ2n) is 3.25. The molecule has 15 heavy (non-hydrogen) atoms. The molecule has 6 heteroatoms. The largest absolute Gasteiger partial charge is 0.474 e. The molecule has 0 radical (unpaired) electrons. The first-order chi connectivity index (χ1) is 6.80. The molecule has 84 valence electrons. The highest BCUT2D eigenvalue weighted by molar-refractivity contribution is 5.39. The molecule has 3 nitrogen and oxygen atoms in total. The number of anilines is 1. The van der Waals surface area contributed by atoms with Crippen LogP contribution in [0.4, 0.5) is 19.0 Å². The quantitative estimate of drug-likeness (QED) is 0.832. The normalized spacial score (nSPS) is 11.9. The Balaban J connectivity index is 3.15. The van der Waals surface area contributed by atoms with Gasteiger partial charge in [0.25, 0.3) is 0 Å². The van der Waals surface area contributed by atoms with Crippen LogP contribution in [0.2, 0.25) is 0 Å². The SMILES string of the molecule is CC(C)Oc1nc(N)ccc1C(F)(F)F. The van der Waals surface area contributed by atoms with Crippen LogP contribution >= 0.6 is 0 Å². The fourth-order valence-electron chi connectivity index (χ4n) is 0.984. The number of rotatable bonds is 2. The summed E-state index contributed by atoms with van der Waals surface area (Å²) in [4.78, 5) is 3.52. The van der Waals surface area contributed by atoms with E-state index < -0.39 is 17.6 Å². The number of nitrogens with zero attached hydrogens (tertiary/aromatic N) is 1. The molecule has 0 amide bonds. The van der Waals surface area contributed by atoms with E-state index in [1.807, 2.05) is 0 Å². The molecule has 1 heterocycles. The van der Waals surface area contributed by atoms with Crippen molar-refractivity contribution in [1.82, 2.24) is 4.98 Å². The van der Waals surface area contributed by atoms with E-state index in [0.29, 0.717) is 0 Å². The van der Waals surface area contributed by atoms with Crippen LogP contribution in [-0.4, -0.2) is 11.1 Å². The summed E-state index contributed by atoms with van der Waals surface area (Å²) in [5.74, 6) is -0.476. The Morgan fingerprint density at radius 1 is 1.33 bits per heavy atom. The smallest absolute Gasteiger partial charge is 0.421 e. The van der Waals surface area contributed by atoms with Gasteiger partial charge in [0.1, 0.15) is 11.4 Å². The Morgan fingerprint density at radius 2 is 1.93 bits per heavy atom. The zero-order valence-electron chi connectivity index (χ0n) is 8.30. The molecule has 1 rings (SSSR count). The summed E-state index contributed by atoms with van der Waals surface area (Å²) >= 11 is 0. The molecule has 1 aromatic rings. The van der Waals surface area contributed by atoms with E-state index in [0.717, 1.165) is 12.1 Å². The maximum Gasteiger partial charge on any atom is 0.421 e. The van der Waals surface area contributed by atoms with Crippen LogP contribution in [0.5, 0.6) is 5.88 Å². The number of ether oxygens (including phenoxy) is 1. The minimum atomic E-state index is -4.48. The lowest BCUT2D eigenvalue weighted by Crippen LogP contribution is -2.14. The van der Waals surface area contributed by atoms with Gasteiger partial charge in [-0.3, -0.25) is 0 Å². The van der Waals surface area contributed by atoms with Gasteiger partial charge >= 0.3 is 6.18 Å². The first-order valence-electron chi connectivity index (χ1n) is 4.31. The molecule has 0 spiro atoms. The molecule has 2 N–H and O–H groups in total. The van der Waals surface area contributed by atoms with E-state index in [2.05, 4.69) is 4.98 Å². The maximum atomic E-state index is 12.5. The zero-order chi connectivity index (χ0) is 11.6. The third-order valence-corrected chi connectivity index (χ3v) is 1.53. The van der Waals surface area contributed by atoms with Crippen molar-refractivity contribution < 1.29 is 17.9 Å². The molecule has 0 saturated carbocycles. The van der Waals surface area contributed by atoms with Gasteiger partial charge in [0.15, 0.2) is 0 Å². The fraction of sp³-hybridized carbons (Fsp3) is 0.444. The van der Waals surface area contributed by atoms with Crippen molar-refractivity contribution in [2.24, 2.45) is 0 Å². The van der Waals surface area contributed by atoms with Gasteiger partial charge in [0.05, 0.1) is 6.10 Å². The van der Waals surface area contributed by atoms with Crippen molar-refractivity contribution in [3.05, 3.63) is 17.7 Å². The van der Waals surface area contributed by atoms with Gasteiger partial charge in [0, 0.05) is 0 Å². The lowest BCUT2D eigenvalue weighted by atomic mass is 10.2. The number of alkyl halides is 3. The Bertz CT molecular complexity index is 350. The molecule has 1 aromatic heterocycles. The van der Waals surface area contributed by atoms with Crippen molar-refractivity contribution >= 4 is 5.82 Å². The molecule has 0 saturated heterocycles. The molecule has 0 aliphatic rings. The predicted octanol–water partition coefficient (Wildman–Crippen LogP) is 2.47. The number of hydrogen-bond donors (Lipinski definition) is 1. The van der Waals surface area contributed by atoms with E-state index in [1.165, 1.54) is 0 Å². The zero-order valence-corrected chi connectivity index (χ0v) is 8.30. The first kappa shape index (κ1) is 11.6. The molecule has 0 fully saturated rings. The Kier molecular flexibility index (Phi) is 3.06. The number of hydrogen-bond acceptors (Lipinski definition) is 3. The monoisotopic (exact) mass is 220 g/mol. The highest BCUT2D eigenvalue weighted by atomic mass is 19.4. The van der Waals surface area contributed by atoms with Gasteiger partial charge in [-0.25, -0.2) is 0 Å². The molecule has 0 aromatic carbocycles. The number of aromatic nitrogens is 1. The number of nitrogens with two attached hydrogens (primary N) is 1. The molecule has 0 aliphatic heterocycles. The molecule has 0 atom stereocenters. The number of nitrogen functional groups attached to an aromatic ring is 1. The summed E-state index contributed by atoms with van der Waals surface area (Å²) in [6.45, 7) is 3.23. The van der Waals surface area contributed by atoms with Crippen LogP contribution in [0.25, 0.3) is 0 Å². The minimum Gasteiger partial charge on any atom is -0.474 e. The average Bonchev–Trinajstić information content (AvgIpc) is 1.99. The van der Waals surface area contributed by atoms with Gasteiger partial charge in [-0.2, -0.15) is 18.2 Å². The lowest BCUT2D eigenvalue weighted by molar-refractivity contribution is -0.139. The molecular weight excluding hydrogens is 209 g/mol. The van der Waals surface area contributed by atoms with Crippen LogP contribution in [-0.2, 0) is 6.18 Å². The van der Waals surface area contributed by atoms with Gasteiger partial charge in [-0.05, 0) is 26.0 Å². The average molecular weight is 220 g/mol. The predicted molar refractivity (Wildman–Crippen MR) is 49.4 cm³/mol. The van der Waals surface area contributed by atoms with Crippen LogP contribution in [0.3, 0.4) is 0 Å². The Labute approximate surface area is 85.1 Å². The number of pyridine rings is 1. The highest BCUT2D eigenvalue weighted by Gasteiger charge is 2.35. The Hall–Kier alpha value is -1.46. The summed E-state index contributed by atoms with van der Waals surface area (Å²) in [5.41, 5.74) is 4.38. The minimum absolute atomic E-state index is 0.00125. The third kappa shape index (κ3) is 3.00. The standard InChI is InChI=1S/C9H11F3N2O/c1-5(2)15-8-6(9(10,11)12)3-4-7(13)14-8/h3-5H,1-2H3,(H2,13,14). The van der Waals surface area contributed by atoms with Crippen LogP contribution in [0.15, 0.2) is 12.1 Å². The van der Waals surface area contributed by atoms with Crippen molar-refractivity contribution in [3.63, 3.8) is 0 Å². The van der Waals surface area contributed by atoms with Crippen molar-refractivity contribution in [2.45, 2.75) is 26.1 Å². The molecule has 0 unspecified atom stereocenters. The van der Waals surface area contributed by atoms with Gasteiger partial charge in [-0.15, -0.1) is 0 Å². The van der Waals surface area contributed by atoms with Crippen LogP contribution in [0, 0.1) is 0 Å². The summed E-state index contributed by atoms with van der Waals surface area (Å²) in [6, 6.07) is 1.95. The number of halogens is 3. The van der Waals surface area contributed by atoms with Crippen molar-refractivity contribution in [1.29, 1.82) is 0 Å². The topological polar surface area (TPSA) is 48.1 Å². The van der Waals surface area contributed by atoms with Gasteiger partial charge in [0.2, 0.25) is 5.88 Å². The van der Waals surface area contributed by atoms with Crippen molar-refractivity contribution in [3.8, 4) is 5.88 Å². The fourth-order valence-corrected chi connectivity index (χ4v) is 0.984. The van der Waals surface area contributed by atoms with E-state index in [-0.39, 0.29) is 11.9 Å². The second kappa shape index (κ2) is 3.96. The molecule has 0 bridgehead atoms. The Morgan fingerprint density at radius 3 is 2.40 bits per heavy atom. The molecule has 0 aliphatic carbocycles. The molecular formula is C9H11F3N2O. The van der Waals surface area contributed by atoms with Crippen LogP contribution < -0.4 is 10.5 Å². The summed E-state index contributed by atoms with van der Waals surface area (Å²) in [7, 11) is 0. The second-order valence-corrected chi connectivity index (χ2v) is 3.25. The van der Waals surface area contributed by atoms with E-state index >= 15 is 0 Å². The van der Waals surface area contributed by atoms with E-state index in [1.54, 1.807) is 13.8 Å². The third-order valence-electron chi connectivity index (χ3n) is 1.53. The lowest BCUT2D eigenvalue weighted by Gasteiger charge is -2.15. The van der Waals surface area contributed by atoms with Gasteiger partial charge in [-0.1, -0.05) is 0 Å². The summed E-state index contributed by atoms with van der Waals surface area (Å²) < 4.78 is 42.4. The van der Waals surface area contributed by atoms with E-state index in [9.17, 15) is 13.2 Å². The summed E-state index contributed by atoms with van der Waals surface area (Å²) in [6.07, 6.45) is -4.87. The van der Waals surface area contributed by atoms with Gasteiger partial charge < -0.3 is 10.5 Å². The van der Waals surface area contributed by atoms with Crippen molar-refractivity contribution in [2.75, 3.05) is 5.73 Å². The van der Waals surface area contributed by atoms with Crippen LogP contribution in [0.1, 0.15) is 19.4 Å². The summed E-state index contributed by atoms with van der Waals surface area (Å²) in [5, 5.41) is 0. The first-order valence-corrected chi connectivity index (χ1v) is 4.31. The van der Waals surface area contributed by atoms with E-state index in [4.69, 9.17) is 10.5 Å². The highest BCUT2D eigenvalue weighted by Crippen LogP contribution is 2.35. The maximum absolute atomic E-state index is 12.5.